The van der Waals surface area contributed by atoms with Crippen LogP contribution in [0.4, 0.5) is 13.2 Å². The van der Waals surface area contributed by atoms with E-state index in [0.29, 0.717) is 0 Å². The summed E-state index contributed by atoms with van der Waals surface area (Å²) in [5.74, 6) is 0. The molecule has 0 aliphatic rings. The summed E-state index contributed by atoms with van der Waals surface area (Å²) >= 11 is 0. The van der Waals surface area contributed by atoms with Crippen molar-refractivity contribution >= 4 is 0 Å². The Balaban J connectivity index is 1.73. The third-order valence-corrected chi connectivity index (χ3v) is 4.83. The van der Waals surface area contributed by atoms with Gasteiger partial charge in [-0.1, -0.05) is 75.4 Å². The van der Waals surface area contributed by atoms with Crippen molar-refractivity contribution in [3.63, 3.8) is 0 Å². The van der Waals surface area contributed by atoms with Gasteiger partial charge in [0.15, 0.2) is 0 Å². The molecule has 0 unspecified atom stereocenters. The lowest BCUT2D eigenvalue weighted by molar-refractivity contribution is -0.137. The predicted octanol–water partition coefficient (Wildman–Crippen LogP) is 7.39. The van der Waals surface area contributed by atoms with E-state index < -0.39 is 11.7 Å². The van der Waals surface area contributed by atoms with Crippen LogP contribution in [-0.2, 0) is 25.4 Å². The first kappa shape index (κ1) is 20.5. The lowest BCUT2D eigenvalue weighted by Crippen LogP contribution is -2.04. The predicted molar refractivity (Wildman–Crippen MR) is 102 cm³/mol. The van der Waals surface area contributed by atoms with Gasteiger partial charge in [0.2, 0.25) is 0 Å². The highest BCUT2D eigenvalue weighted by Crippen LogP contribution is 2.29. The summed E-state index contributed by atoms with van der Waals surface area (Å²) in [5, 5.41) is 0. The Labute approximate surface area is 155 Å². The molecule has 2 rings (SSSR count). The van der Waals surface area contributed by atoms with Crippen molar-refractivity contribution in [1.82, 2.24) is 0 Å². The molecule has 0 saturated heterocycles. The lowest BCUT2D eigenvalue weighted by atomic mass is 10.00. The molecule has 0 radical (unpaired) electrons. The van der Waals surface area contributed by atoms with Crippen LogP contribution in [0.3, 0.4) is 0 Å². The molecule has 0 aliphatic carbocycles. The second kappa shape index (κ2) is 10.4. The van der Waals surface area contributed by atoms with Crippen LogP contribution in [-0.4, -0.2) is 0 Å². The van der Waals surface area contributed by atoms with Crippen molar-refractivity contribution in [2.24, 2.45) is 0 Å². The number of benzene rings is 2. The maximum Gasteiger partial charge on any atom is 0.416 e. The Morgan fingerprint density at radius 3 is 1.50 bits per heavy atom. The molecule has 0 fully saturated rings. The molecule has 0 heterocycles. The smallest absolute Gasteiger partial charge is 0.166 e. The molecule has 0 spiro atoms. The molecule has 142 valence electrons. The first-order chi connectivity index (χ1) is 12.5. The van der Waals surface area contributed by atoms with E-state index in [4.69, 9.17) is 0 Å². The van der Waals surface area contributed by atoms with Gasteiger partial charge in [-0.05, 0) is 54.5 Å². The first-order valence-electron chi connectivity index (χ1n) is 9.73. The van der Waals surface area contributed by atoms with Gasteiger partial charge in [-0.15, -0.1) is 0 Å². The maximum atomic E-state index is 12.6. The van der Waals surface area contributed by atoms with Gasteiger partial charge in [-0.25, -0.2) is 0 Å². The van der Waals surface area contributed by atoms with Crippen LogP contribution in [0.2, 0.25) is 0 Å². The molecule has 2 aromatic rings. The lowest BCUT2D eigenvalue weighted by Gasteiger charge is -2.08. The Kier molecular flexibility index (Phi) is 8.21. The highest BCUT2D eigenvalue weighted by atomic mass is 19.4. The molecular weight excluding hydrogens is 333 g/mol. The van der Waals surface area contributed by atoms with Crippen molar-refractivity contribution in [1.29, 1.82) is 0 Å². The van der Waals surface area contributed by atoms with Gasteiger partial charge in [0, 0.05) is 0 Å². The van der Waals surface area contributed by atoms with E-state index in [9.17, 15) is 13.2 Å². The molecule has 0 bridgehead atoms. The second-order valence-electron chi connectivity index (χ2n) is 7.03. The van der Waals surface area contributed by atoms with Gasteiger partial charge in [0.05, 0.1) is 5.56 Å². The Hall–Kier alpha value is -1.77. The van der Waals surface area contributed by atoms with Crippen LogP contribution >= 0.6 is 0 Å². The van der Waals surface area contributed by atoms with Crippen molar-refractivity contribution in [3.05, 3.63) is 70.8 Å². The summed E-state index contributed by atoms with van der Waals surface area (Å²) < 4.78 is 37.7. The Bertz CT molecular complexity index is 624. The summed E-state index contributed by atoms with van der Waals surface area (Å²) in [7, 11) is 0. The van der Waals surface area contributed by atoms with E-state index >= 15 is 0 Å². The van der Waals surface area contributed by atoms with E-state index in [-0.39, 0.29) is 0 Å². The normalized spacial score (nSPS) is 11.7. The fourth-order valence-electron chi connectivity index (χ4n) is 3.13. The van der Waals surface area contributed by atoms with Crippen LogP contribution in [0.15, 0.2) is 48.5 Å². The molecule has 26 heavy (non-hydrogen) atoms. The van der Waals surface area contributed by atoms with Gasteiger partial charge in [0.1, 0.15) is 0 Å². The Morgan fingerprint density at radius 2 is 1.00 bits per heavy atom. The van der Waals surface area contributed by atoms with E-state index in [2.05, 4.69) is 31.2 Å². The standard InChI is InChI=1S/C23H29F3/c1-2-3-4-5-6-7-8-19-9-11-20(12-10-19)13-14-21-15-17-22(18-16-21)23(24,25)26/h9-12,15-18H,2-8,13-14H2,1H3. The van der Waals surface area contributed by atoms with Crippen LogP contribution < -0.4 is 0 Å². The minimum absolute atomic E-state index is 0.583. The molecule has 0 nitrogen and oxygen atoms in total. The molecule has 0 atom stereocenters. The topological polar surface area (TPSA) is 0 Å². The summed E-state index contributed by atoms with van der Waals surface area (Å²) in [6.45, 7) is 2.24. The van der Waals surface area contributed by atoms with Gasteiger partial charge >= 0.3 is 6.18 Å². The molecule has 0 amide bonds. The SMILES string of the molecule is CCCCCCCCc1ccc(CCc2ccc(C(F)(F)F)cc2)cc1. The van der Waals surface area contributed by atoms with Gasteiger partial charge < -0.3 is 0 Å². The summed E-state index contributed by atoms with van der Waals surface area (Å²) in [6, 6.07) is 14.2. The van der Waals surface area contributed by atoms with Gasteiger partial charge in [0.25, 0.3) is 0 Å². The second-order valence-corrected chi connectivity index (χ2v) is 7.03. The van der Waals surface area contributed by atoms with Crippen LogP contribution in [0.5, 0.6) is 0 Å². The third-order valence-electron chi connectivity index (χ3n) is 4.83. The summed E-state index contributed by atoms with van der Waals surface area (Å²) in [4.78, 5) is 0. The fraction of sp³-hybridized carbons (Fsp3) is 0.478. The van der Waals surface area contributed by atoms with Crippen LogP contribution in [0.1, 0.15) is 67.7 Å². The number of halogens is 3. The third kappa shape index (κ3) is 7.23. The summed E-state index contributed by atoms with van der Waals surface area (Å²) in [5.41, 5.74) is 2.96. The zero-order valence-corrected chi connectivity index (χ0v) is 15.6. The number of unbranched alkanes of at least 4 members (excludes halogenated alkanes) is 5. The number of alkyl halides is 3. The number of hydrogen-bond donors (Lipinski definition) is 0. The maximum absolute atomic E-state index is 12.6. The van der Waals surface area contributed by atoms with Gasteiger partial charge in [-0.3, -0.25) is 0 Å². The quantitative estimate of drug-likeness (QED) is 0.386. The summed E-state index contributed by atoms with van der Waals surface area (Å²) in [6.07, 6.45) is 6.33. The highest BCUT2D eigenvalue weighted by molar-refractivity contribution is 5.27. The first-order valence-corrected chi connectivity index (χ1v) is 9.73. The largest absolute Gasteiger partial charge is 0.416 e. The van der Waals surface area contributed by atoms with Crippen LogP contribution in [0, 0.1) is 0 Å². The molecule has 0 aliphatic heterocycles. The minimum atomic E-state index is -4.26. The van der Waals surface area contributed by atoms with Crippen molar-refractivity contribution in [2.45, 2.75) is 70.9 Å². The fourth-order valence-corrected chi connectivity index (χ4v) is 3.13. The average molecular weight is 362 g/mol. The molecular formula is C23H29F3. The van der Waals surface area contributed by atoms with Crippen molar-refractivity contribution in [3.8, 4) is 0 Å². The van der Waals surface area contributed by atoms with E-state index in [1.807, 2.05) is 0 Å². The van der Waals surface area contributed by atoms with Crippen LogP contribution in [0.25, 0.3) is 0 Å². The van der Waals surface area contributed by atoms with Crippen molar-refractivity contribution < 1.29 is 13.2 Å². The molecule has 2 aromatic carbocycles. The highest BCUT2D eigenvalue weighted by Gasteiger charge is 2.29. The zero-order valence-electron chi connectivity index (χ0n) is 15.6. The molecule has 0 saturated carbocycles. The molecule has 0 N–H and O–H groups in total. The Morgan fingerprint density at radius 1 is 0.577 bits per heavy atom. The van der Waals surface area contributed by atoms with Gasteiger partial charge in [-0.2, -0.15) is 13.2 Å². The van der Waals surface area contributed by atoms with E-state index in [1.165, 1.54) is 61.8 Å². The molecule has 0 aromatic heterocycles. The number of aryl methyl sites for hydroxylation is 3. The minimum Gasteiger partial charge on any atom is -0.166 e. The zero-order chi connectivity index (χ0) is 18.8. The van der Waals surface area contributed by atoms with E-state index in [1.54, 1.807) is 12.1 Å². The van der Waals surface area contributed by atoms with E-state index in [0.717, 1.165) is 24.8 Å². The number of hydrogen-bond acceptors (Lipinski definition) is 0. The average Bonchev–Trinajstić information content (AvgIpc) is 2.63. The monoisotopic (exact) mass is 362 g/mol. The molecule has 3 heteroatoms. The van der Waals surface area contributed by atoms with Crippen molar-refractivity contribution in [2.75, 3.05) is 0 Å². The number of rotatable bonds is 10.